The average molecular weight is 570 g/mol. The number of rotatable bonds is 11. The van der Waals surface area contributed by atoms with E-state index < -0.39 is 28.5 Å². The summed E-state index contributed by atoms with van der Waals surface area (Å²) < 4.78 is 28.9. The highest BCUT2D eigenvalue weighted by Gasteiger charge is 2.33. The van der Waals surface area contributed by atoms with Crippen molar-refractivity contribution >= 4 is 39.1 Å². The van der Waals surface area contributed by atoms with Gasteiger partial charge in [0.25, 0.3) is 10.0 Å². The summed E-state index contributed by atoms with van der Waals surface area (Å²) in [5.41, 5.74) is 2.86. The van der Waals surface area contributed by atoms with E-state index in [9.17, 15) is 18.0 Å². The molecule has 208 valence electrons. The lowest BCUT2D eigenvalue weighted by molar-refractivity contribution is -0.139. The van der Waals surface area contributed by atoms with E-state index in [0.29, 0.717) is 16.3 Å². The van der Waals surface area contributed by atoms with Crippen LogP contribution in [0.5, 0.6) is 0 Å². The number of hydrogen-bond donors (Lipinski definition) is 1. The monoisotopic (exact) mass is 569 g/mol. The van der Waals surface area contributed by atoms with Gasteiger partial charge in [0.05, 0.1) is 10.6 Å². The minimum Gasteiger partial charge on any atom is -0.352 e. The standard InChI is InChI=1S/C30H36ClN3O4S/c1-6-23(4)32-30(36)24(5)33(19-25-13-15-26(31)16-14-25)29(35)20-34(28-17-12-21(2)18-22(28)3)39(37,38)27-10-8-7-9-11-27/h7-18,23-24H,6,19-20H2,1-5H3,(H,32,36)/t23-,24-/m0/s1. The molecular weight excluding hydrogens is 534 g/mol. The summed E-state index contributed by atoms with van der Waals surface area (Å²) >= 11 is 6.05. The number of anilines is 1. The Bertz CT molecular complexity index is 1400. The van der Waals surface area contributed by atoms with Crippen molar-refractivity contribution in [3.05, 3.63) is 94.5 Å². The molecule has 0 bridgehead atoms. The number of aryl methyl sites for hydroxylation is 2. The number of halogens is 1. The number of sulfonamides is 1. The second-order valence-corrected chi connectivity index (χ2v) is 12.1. The second-order valence-electron chi connectivity index (χ2n) is 9.76. The van der Waals surface area contributed by atoms with Crippen molar-refractivity contribution < 1.29 is 18.0 Å². The molecule has 39 heavy (non-hydrogen) atoms. The molecule has 0 aliphatic heterocycles. The van der Waals surface area contributed by atoms with E-state index in [0.717, 1.165) is 21.9 Å². The minimum atomic E-state index is -4.10. The third kappa shape index (κ3) is 7.61. The van der Waals surface area contributed by atoms with Gasteiger partial charge in [-0.3, -0.25) is 13.9 Å². The van der Waals surface area contributed by atoms with E-state index in [2.05, 4.69) is 5.32 Å². The zero-order chi connectivity index (χ0) is 28.7. The first-order valence-corrected chi connectivity index (χ1v) is 14.7. The molecule has 0 saturated heterocycles. The van der Waals surface area contributed by atoms with Gasteiger partial charge in [-0.25, -0.2) is 8.42 Å². The van der Waals surface area contributed by atoms with E-state index in [-0.39, 0.29) is 23.4 Å². The molecule has 3 aromatic carbocycles. The molecular formula is C30H36ClN3O4S. The Morgan fingerprint density at radius 2 is 1.59 bits per heavy atom. The summed E-state index contributed by atoms with van der Waals surface area (Å²) in [6, 6.07) is 19.5. The Hall–Kier alpha value is -3.36. The van der Waals surface area contributed by atoms with Crippen LogP contribution in [-0.4, -0.2) is 43.8 Å². The maximum absolute atomic E-state index is 14.0. The van der Waals surface area contributed by atoms with Crippen LogP contribution in [0.25, 0.3) is 0 Å². The molecule has 0 unspecified atom stereocenters. The fraction of sp³-hybridized carbons (Fsp3) is 0.333. The number of amides is 2. The SMILES string of the molecule is CC[C@H](C)NC(=O)[C@H](C)N(Cc1ccc(Cl)cc1)C(=O)CN(c1ccc(C)cc1C)S(=O)(=O)c1ccccc1. The number of carbonyl (C=O) groups excluding carboxylic acids is 2. The van der Waals surface area contributed by atoms with Crippen LogP contribution in [0.1, 0.15) is 43.9 Å². The van der Waals surface area contributed by atoms with E-state index in [4.69, 9.17) is 11.6 Å². The lowest BCUT2D eigenvalue weighted by Crippen LogP contribution is -2.52. The fourth-order valence-corrected chi connectivity index (χ4v) is 5.78. The summed E-state index contributed by atoms with van der Waals surface area (Å²) in [6.07, 6.45) is 0.736. The molecule has 2 atom stereocenters. The van der Waals surface area contributed by atoms with Crippen molar-refractivity contribution in [1.29, 1.82) is 0 Å². The van der Waals surface area contributed by atoms with E-state index in [1.807, 2.05) is 39.8 Å². The topological polar surface area (TPSA) is 86.8 Å². The van der Waals surface area contributed by atoms with Gasteiger partial charge >= 0.3 is 0 Å². The van der Waals surface area contributed by atoms with Crippen LogP contribution >= 0.6 is 11.6 Å². The van der Waals surface area contributed by atoms with Crippen LogP contribution in [0.15, 0.2) is 77.7 Å². The van der Waals surface area contributed by atoms with Crippen LogP contribution in [0.4, 0.5) is 5.69 Å². The molecule has 7 nitrogen and oxygen atoms in total. The molecule has 0 saturated carbocycles. The van der Waals surface area contributed by atoms with E-state index in [1.165, 1.54) is 17.0 Å². The highest BCUT2D eigenvalue weighted by molar-refractivity contribution is 7.92. The Morgan fingerprint density at radius 3 is 2.18 bits per heavy atom. The van der Waals surface area contributed by atoms with Crippen molar-refractivity contribution in [1.82, 2.24) is 10.2 Å². The zero-order valence-electron chi connectivity index (χ0n) is 23.0. The fourth-order valence-electron chi connectivity index (χ4n) is 4.15. The van der Waals surface area contributed by atoms with E-state index >= 15 is 0 Å². The summed E-state index contributed by atoms with van der Waals surface area (Å²) in [7, 11) is -4.10. The quantitative estimate of drug-likeness (QED) is 0.331. The number of hydrogen-bond acceptors (Lipinski definition) is 4. The molecule has 0 heterocycles. The van der Waals surface area contributed by atoms with Gasteiger partial charge in [0.2, 0.25) is 11.8 Å². The first kappa shape index (κ1) is 30.2. The molecule has 0 spiro atoms. The van der Waals surface area contributed by atoms with Crippen molar-refractivity contribution in [3.63, 3.8) is 0 Å². The van der Waals surface area contributed by atoms with Gasteiger partial charge in [0, 0.05) is 17.6 Å². The Morgan fingerprint density at radius 1 is 0.949 bits per heavy atom. The number of benzene rings is 3. The van der Waals surface area contributed by atoms with Crippen LogP contribution in [-0.2, 0) is 26.2 Å². The third-order valence-electron chi connectivity index (χ3n) is 6.67. The highest BCUT2D eigenvalue weighted by Crippen LogP contribution is 2.28. The zero-order valence-corrected chi connectivity index (χ0v) is 24.6. The maximum Gasteiger partial charge on any atom is 0.264 e. The average Bonchev–Trinajstić information content (AvgIpc) is 2.91. The van der Waals surface area contributed by atoms with Crippen LogP contribution in [0.3, 0.4) is 0 Å². The maximum atomic E-state index is 14.0. The molecule has 0 aliphatic carbocycles. The minimum absolute atomic E-state index is 0.0717. The third-order valence-corrected chi connectivity index (χ3v) is 8.69. The van der Waals surface area contributed by atoms with Gasteiger partial charge in [-0.1, -0.05) is 66.6 Å². The Balaban J connectivity index is 2.04. The lowest BCUT2D eigenvalue weighted by Gasteiger charge is -2.33. The molecule has 0 aromatic heterocycles. The van der Waals surface area contributed by atoms with Gasteiger partial charge in [-0.05, 0) is 75.6 Å². The number of nitrogens with zero attached hydrogens (tertiary/aromatic N) is 2. The van der Waals surface area contributed by atoms with Gasteiger partial charge in [0.1, 0.15) is 12.6 Å². The predicted octanol–water partition coefficient (Wildman–Crippen LogP) is 5.48. The molecule has 3 aromatic rings. The predicted molar refractivity (Wildman–Crippen MR) is 156 cm³/mol. The number of carbonyl (C=O) groups is 2. The molecule has 1 N–H and O–H groups in total. The van der Waals surface area contributed by atoms with Gasteiger partial charge in [-0.15, -0.1) is 0 Å². The molecule has 0 fully saturated rings. The largest absolute Gasteiger partial charge is 0.352 e. The Kier molecular flexibility index (Phi) is 10.2. The van der Waals surface area contributed by atoms with Crippen LogP contribution < -0.4 is 9.62 Å². The highest BCUT2D eigenvalue weighted by atomic mass is 35.5. The first-order chi connectivity index (χ1) is 18.4. The molecule has 2 amide bonds. The second kappa shape index (κ2) is 13.1. The summed E-state index contributed by atoms with van der Waals surface area (Å²) in [5, 5.41) is 3.48. The first-order valence-electron chi connectivity index (χ1n) is 12.9. The van der Waals surface area contributed by atoms with Gasteiger partial charge < -0.3 is 10.2 Å². The normalized spacial score (nSPS) is 12.9. The van der Waals surface area contributed by atoms with Gasteiger partial charge in [0.15, 0.2) is 0 Å². The van der Waals surface area contributed by atoms with Crippen LogP contribution in [0, 0.1) is 13.8 Å². The van der Waals surface area contributed by atoms with Crippen LogP contribution in [0.2, 0.25) is 5.02 Å². The molecule has 3 rings (SSSR count). The van der Waals surface area contributed by atoms with Crippen molar-refractivity contribution in [2.24, 2.45) is 0 Å². The number of nitrogens with one attached hydrogen (secondary N) is 1. The van der Waals surface area contributed by atoms with Crippen molar-refractivity contribution in [2.75, 3.05) is 10.8 Å². The summed E-state index contributed by atoms with van der Waals surface area (Å²) in [5.74, 6) is -0.813. The van der Waals surface area contributed by atoms with Crippen molar-refractivity contribution in [2.45, 2.75) is 64.6 Å². The van der Waals surface area contributed by atoms with Crippen molar-refractivity contribution in [3.8, 4) is 0 Å². The molecule has 9 heteroatoms. The lowest BCUT2D eigenvalue weighted by atomic mass is 10.1. The molecule has 0 aliphatic rings. The summed E-state index contributed by atoms with van der Waals surface area (Å²) in [4.78, 5) is 28.6. The van der Waals surface area contributed by atoms with E-state index in [1.54, 1.807) is 55.5 Å². The molecule has 0 radical (unpaired) electrons. The Labute approximate surface area is 236 Å². The smallest absolute Gasteiger partial charge is 0.264 e. The summed E-state index contributed by atoms with van der Waals surface area (Å²) in [6.45, 7) is 8.87. The van der Waals surface area contributed by atoms with Gasteiger partial charge in [-0.2, -0.15) is 0 Å².